The van der Waals surface area contributed by atoms with Crippen molar-refractivity contribution in [2.24, 2.45) is 0 Å². The number of carbonyl (C=O) groups is 1. The van der Waals surface area contributed by atoms with Crippen molar-refractivity contribution in [3.8, 4) is 17.2 Å². The Labute approximate surface area is 136 Å². The van der Waals surface area contributed by atoms with Gasteiger partial charge >= 0.3 is 6.09 Å². The fraction of sp³-hybridized carbons (Fsp3) is 0.278. The number of alkyl carbamates (subject to hydrolysis) is 1. The van der Waals surface area contributed by atoms with Gasteiger partial charge in [-0.1, -0.05) is 24.3 Å². The van der Waals surface area contributed by atoms with Crippen molar-refractivity contribution in [2.45, 2.75) is 13.8 Å². The number of nitrogens with one attached hydrogen (secondary N) is 1. The third-order valence-corrected chi connectivity index (χ3v) is 2.97. The molecule has 0 fully saturated rings. The van der Waals surface area contributed by atoms with Crippen LogP contribution in [0.1, 0.15) is 12.5 Å². The Morgan fingerprint density at radius 1 is 1.04 bits per heavy atom. The highest BCUT2D eigenvalue weighted by Gasteiger charge is 2.08. The first-order chi connectivity index (χ1) is 11.2. The summed E-state index contributed by atoms with van der Waals surface area (Å²) in [6.07, 6.45) is -0.443. The highest BCUT2D eigenvalue weighted by atomic mass is 16.6. The molecule has 0 unspecified atom stereocenters. The molecule has 0 saturated heterocycles. The van der Waals surface area contributed by atoms with Gasteiger partial charge in [0.2, 0.25) is 0 Å². The molecular formula is C18H21NO4. The topological polar surface area (TPSA) is 56.8 Å². The zero-order valence-electron chi connectivity index (χ0n) is 13.4. The van der Waals surface area contributed by atoms with Gasteiger partial charge in [0, 0.05) is 6.54 Å². The zero-order chi connectivity index (χ0) is 16.5. The van der Waals surface area contributed by atoms with E-state index in [4.69, 9.17) is 14.2 Å². The Balaban J connectivity index is 1.94. The SMILES string of the molecule is CCNC(=O)OCCOc1cc(C)ccc1Oc1ccccc1. The fourth-order valence-corrected chi connectivity index (χ4v) is 1.91. The second-order valence-corrected chi connectivity index (χ2v) is 4.88. The van der Waals surface area contributed by atoms with E-state index < -0.39 is 6.09 Å². The minimum Gasteiger partial charge on any atom is -0.486 e. The van der Waals surface area contributed by atoms with E-state index in [1.165, 1.54) is 0 Å². The first kappa shape index (κ1) is 16.7. The largest absolute Gasteiger partial charge is 0.486 e. The number of hydrogen-bond donors (Lipinski definition) is 1. The van der Waals surface area contributed by atoms with Crippen LogP contribution in [0.4, 0.5) is 4.79 Å². The summed E-state index contributed by atoms with van der Waals surface area (Å²) in [6, 6.07) is 15.2. The molecule has 122 valence electrons. The molecule has 0 heterocycles. The van der Waals surface area contributed by atoms with Crippen molar-refractivity contribution >= 4 is 6.09 Å². The van der Waals surface area contributed by atoms with E-state index in [0.29, 0.717) is 18.0 Å². The summed E-state index contributed by atoms with van der Waals surface area (Å²) in [4.78, 5) is 11.2. The van der Waals surface area contributed by atoms with E-state index in [9.17, 15) is 4.79 Å². The highest BCUT2D eigenvalue weighted by molar-refractivity contribution is 5.66. The molecule has 0 radical (unpaired) electrons. The Hall–Kier alpha value is -2.69. The summed E-state index contributed by atoms with van der Waals surface area (Å²) in [7, 11) is 0. The zero-order valence-corrected chi connectivity index (χ0v) is 13.4. The Morgan fingerprint density at radius 2 is 1.83 bits per heavy atom. The second-order valence-electron chi connectivity index (χ2n) is 4.88. The minimum absolute atomic E-state index is 0.171. The average molecular weight is 315 g/mol. The van der Waals surface area contributed by atoms with Crippen LogP contribution in [0.2, 0.25) is 0 Å². The fourth-order valence-electron chi connectivity index (χ4n) is 1.91. The first-order valence-corrected chi connectivity index (χ1v) is 7.56. The number of ether oxygens (including phenoxy) is 3. The number of benzene rings is 2. The summed E-state index contributed by atoms with van der Waals surface area (Å²) < 4.78 is 16.5. The van der Waals surface area contributed by atoms with Crippen LogP contribution in [0, 0.1) is 6.92 Å². The molecule has 1 N–H and O–H groups in total. The molecule has 23 heavy (non-hydrogen) atoms. The molecule has 0 aliphatic heterocycles. The number of para-hydroxylation sites is 1. The minimum atomic E-state index is -0.443. The average Bonchev–Trinajstić information content (AvgIpc) is 2.55. The molecule has 0 bridgehead atoms. The maximum atomic E-state index is 11.2. The van der Waals surface area contributed by atoms with Crippen molar-refractivity contribution < 1.29 is 19.0 Å². The first-order valence-electron chi connectivity index (χ1n) is 7.56. The molecule has 0 aromatic heterocycles. The van der Waals surface area contributed by atoms with E-state index in [1.807, 2.05) is 62.4 Å². The normalized spacial score (nSPS) is 10.0. The van der Waals surface area contributed by atoms with Gasteiger partial charge in [-0.05, 0) is 43.7 Å². The quantitative estimate of drug-likeness (QED) is 0.787. The summed E-state index contributed by atoms with van der Waals surface area (Å²) in [6.45, 7) is 4.77. The number of rotatable bonds is 7. The van der Waals surface area contributed by atoms with E-state index in [0.717, 1.165) is 11.3 Å². The van der Waals surface area contributed by atoms with Crippen molar-refractivity contribution in [2.75, 3.05) is 19.8 Å². The van der Waals surface area contributed by atoms with Gasteiger partial charge < -0.3 is 19.5 Å². The standard InChI is InChI=1S/C18H21NO4/c1-3-19-18(20)22-12-11-21-17-13-14(2)9-10-16(17)23-15-7-5-4-6-8-15/h4-10,13H,3,11-12H2,1-2H3,(H,19,20). The van der Waals surface area contributed by atoms with Crippen LogP contribution in [-0.2, 0) is 4.74 Å². The van der Waals surface area contributed by atoms with Crippen LogP contribution >= 0.6 is 0 Å². The van der Waals surface area contributed by atoms with Gasteiger partial charge in [0.15, 0.2) is 11.5 Å². The molecule has 0 aliphatic carbocycles. The second kappa shape index (κ2) is 8.68. The van der Waals surface area contributed by atoms with Crippen LogP contribution < -0.4 is 14.8 Å². The summed E-state index contributed by atoms with van der Waals surface area (Å²) in [5.41, 5.74) is 1.06. The lowest BCUT2D eigenvalue weighted by molar-refractivity contribution is 0.125. The number of hydrogen-bond acceptors (Lipinski definition) is 4. The van der Waals surface area contributed by atoms with Crippen LogP contribution in [0.15, 0.2) is 48.5 Å². The van der Waals surface area contributed by atoms with Gasteiger partial charge in [-0.15, -0.1) is 0 Å². The number of aryl methyl sites for hydroxylation is 1. The lowest BCUT2D eigenvalue weighted by atomic mass is 10.2. The molecule has 2 rings (SSSR count). The summed E-state index contributed by atoms with van der Waals surface area (Å²) in [5.74, 6) is 1.98. The van der Waals surface area contributed by atoms with E-state index in [1.54, 1.807) is 0 Å². The number of amides is 1. The Kier molecular flexibility index (Phi) is 6.29. The van der Waals surface area contributed by atoms with Crippen molar-refractivity contribution in [3.05, 3.63) is 54.1 Å². The molecule has 5 heteroatoms. The number of carbonyl (C=O) groups excluding carboxylic acids is 1. The molecule has 2 aromatic rings. The van der Waals surface area contributed by atoms with Gasteiger partial charge in [0.05, 0.1) is 0 Å². The van der Waals surface area contributed by atoms with Crippen LogP contribution in [0.5, 0.6) is 17.2 Å². The molecule has 2 aromatic carbocycles. The summed E-state index contributed by atoms with van der Waals surface area (Å²) in [5, 5.41) is 2.56. The van der Waals surface area contributed by atoms with E-state index in [2.05, 4.69) is 5.32 Å². The Bertz CT molecular complexity index is 628. The molecule has 0 spiro atoms. The molecule has 0 aliphatic rings. The van der Waals surface area contributed by atoms with Gasteiger partial charge in [-0.3, -0.25) is 0 Å². The monoisotopic (exact) mass is 315 g/mol. The van der Waals surface area contributed by atoms with Gasteiger partial charge in [-0.2, -0.15) is 0 Å². The predicted molar refractivity (Wildman–Crippen MR) is 88.2 cm³/mol. The van der Waals surface area contributed by atoms with Crippen LogP contribution in [0.3, 0.4) is 0 Å². The van der Waals surface area contributed by atoms with Crippen molar-refractivity contribution in [1.29, 1.82) is 0 Å². The molecular weight excluding hydrogens is 294 g/mol. The van der Waals surface area contributed by atoms with Crippen LogP contribution in [-0.4, -0.2) is 25.9 Å². The van der Waals surface area contributed by atoms with E-state index >= 15 is 0 Å². The molecule has 0 saturated carbocycles. The van der Waals surface area contributed by atoms with Crippen molar-refractivity contribution in [3.63, 3.8) is 0 Å². The summed E-state index contributed by atoms with van der Waals surface area (Å²) >= 11 is 0. The lowest BCUT2D eigenvalue weighted by Crippen LogP contribution is -2.25. The third kappa shape index (κ3) is 5.54. The van der Waals surface area contributed by atoms with Crippen LogP contribution in [0.25, 0.3) is 0 Å². The molecule has 1 amide bonds. The highest BCUT2D eigenvalue weighted by Crippen LogP contribution is 2.32. The van der Waals surface area contributed by atoms with E-state index in [-0.39, 0.29) is 13.2 Å². The van der Waals surface area contributed by atoms with Crippen molar-refractivity contribution in [1.82, 2.24) is 5.32 Å². The molecule has 5 nitrogen and oxygen atoms in total. The maximum absolute atomic E-state index is 11.2. The van der Waals surface area contributed by atoms with Gasteiger partial charge in [-0.25, -0.2) is 4.79 Å². The lowest BCUT2D eigenvalue weighted by Gasteiger charge is -2.13. The smallest absolute Gasteiger partial charge is 0.407 e. The Morgan fingerprint density at radius 3 is 2.57 bits per heavy atom. The van der Waals surface area contributed by atoms with Gasteiger partial charge in [0.1, 0.15) is 19.0 Å². The van der Waals surface area contributed by atoms with Gasteiger partial charge in [0.25, 0.3) is 0 Å². The maximum Gasteiger partial charge on any atom is 0.407 e. The molecule has 0 atom stereocenters. The third-order valence-electron chi connectivity index (χ3n) is 2.97. The predicted octanol–water partition coefficient (Wildman–Crippen LogP) is 3.91.